The van der Waals surface area contributed by atoms with Gasteiger partial charge in [-0.1, -0.05) is 6.07 Å². The summed E-state index contributed by atoms with van der Waals surface area (Å²) in [5.41, 5.74) is 0.551. The molecule has 1 aromatic rings. The van der Waals surface area contributed by atoms with E-state index in [2.05, 4.69) is 5.32 Å². The Morgan fingerprint density at radius 3 is 3.00 bits per heavy atom. The normalized spacial score (nSPS) is 25.5. The van der Waals surface area contributed by atoms with Gasteiger partial charge in [-0.25, -0.2) is 4.39 Å². The monoisotopic (exact) mass is 209 g/mol. The van der Waals surface area contributed by atoms with Crippen LogP contribution in [0.5, 0.6) is 5.75 Å². The highest BCUT2D eigenvalue weighted by Gasteiger charge is 2.30. The summed E-state index contributed by atoms with van der Waals surface area (Å²) in [6, 6.07) is 5.56. The van der Waals surface area contributed by atoms with Gasteiger partial charge in [-0.05, 0) is 43.1 Å². The molecule has 0 bridgehead atoms. The molecule has 0 amide bonds. The molecule has 3 heteroatoms. The average Bonchev–Trinajstić information content (AvgIpc) is 2.37. The number of benzene rings is 1. The number of hydrogen-bond acceptors (Lipinski definition) is 2. The van der Waals surface area contributed by atoms with Gasteiger partial charge in [0.15, 0.2) is 0 Å². The van der Waals surface area contributed by atoms with Crippen molar-refractivity contribution in [1.82, 2.24) is 5.32 Å². The molecule has 1 aliphatic rings. The van der Waals surface area contributed by atoms with Gasteiger partial charge in [0.25, 0.3) is 0 Å². The molecule has 1 aliphatic heterocycles. The molecular weight excluding hydrogens is 193 g/mol. The van der Waals surface area contributed by atoms with Gasteiger partial charge in [0.1, 0.15) is 11.4 Å². The van der Waals surface area contributed by atoms with Crippen molar-refractivity contribution in [2.75, 3.05) is 13.7 Å². The molecule has 1 aromatic carbocycles. The molecule has 15 heavy (non-hydrogen) atoms. The van der Waals surface area contributed by atoms with Crippen LogP contribution in [0.15, 0.2) is 18.2 Å². The van der Waals surface area contributed by atoms with Crippen LogP contribution in [-0.2, 0) is 12.2 Å². The topological polar surface area (TPSA) is 21.3 Å². The Kier molecular flexibility index (Phi) is 2.65. The van der Waals surface area contributed by atoms with Crippen LogP contribution in [0, 0.1) is 0 Å². The minimum atomic E-state index is -1.23. The van der Waals surface area contributed by atoms with E-state index >= 15 is 0 Å². The first-order valence-corrected chi connectivity index (χ1v) is 5.20. The molecule has 1 atom stereocenters. The zero-order chi connectivity index (χ0) is 10.9. The van der Waals surface area contributed by atoms with Gasteiger partial charge in [0, 0.05) is 6.54 Å². The molecular formula is C12H16FNO. The highest BCUT2D eigenvalue weighted by molar-refractivity contribution is 5.39. The van der Waals surface area contributed by atoms with Crippen molar-refractivity contribution < 1.29 is 9.13 Å². The van der Waals surface area contributed by atoms with E-state index < -0.39 is 5.67 Å². The third kappa shape index (κ3) is 1.97. The maximum absolute atomic E-state index is 14.3. The lowest BCUT2D eigenvalue weighted by Gasteiger charge is -2.20. The fourth-order valence-electron chi connectivity index (χ4n) is 2.03. The number of alkyl halides is 1. The number of rotatable bonds is 1. The van der Waals surface area contributed by atoms with Crippen LogP contribution in [0.2, 0.25) is 0 Å². The largest absolute Gasteiger partial charge is 0.497 e. The van der Waals surface area contributed by atoms with Crippen LogP contribution in [-0.4, -0.2) is 13.7 Å². The summed E-state index contributed by atoms with van der Waals surface area (Å²) in [6.07, 6.45) is 0.520. The van der Waals surface area contributed by atoms with Crippen LogP contribution in [0.4, 0.5) is 4.39 Å². The Morgan fingerprint density at radius 2 is 2.27 bits per heavy atom. The summed E-state index contributed by atoms with van der Waals surface area (Å²) in [4.78, 5) is 0. The van der Waals surface area contributed by atoms with E-state index in [4.69, 9.17) is 4.74 Å². The van der Waals surface area contributed by atoms with Crippen molar-refractivity contribution in [1.29, 1.82) is 0 Å². The molecule has 2 rings (SSSR count). The smallest absolute Gasteiger partial charge is 0.134 e. The molecule has 1 N–H and O–H groups in total. The van der Waals surface area contributed by atoms with Crippen LogP contribution >= 0.6 is 0 Å². The van der Waals surface area contributed by atoms with Crippen LogP contribution < -0.4 is 10.1 Å². The Labute approximate surface area is 89.4 Å². The van der Waals surface area contributed by atoms with Crippen LogP contribution in [0.25, 0.3) is 0 Å². The molecule has 0 saturated heterocycles. The molecule has 1 unspecified atom stereocenters. The number of ether oxygens (including phenoxy) is 1. The molecule has 1 heterocycles. The van der Waals surface area contributed by atoms with Crippen molar-refractivity contribution in [2.45, 2.75) is 25.6 Å². The fourth-order valence-corrected chi connectivity index (χ4v) is 2.03. The molecule has 2 nitrogen and oxygen atoms in total. The molecule has 0 fully saturated rings. The van der Waals surface area contributed by atoms with Gasteiger partial charge < -0.3 is 10.1 Å². The highest BCUT2D eigenvalue weighted by atomic mass is 19.1. The van der Waals surface area contributed by atoms with Crippen molar-refractivity contribution >= 4 is 0 Å². The van der Waals surface area contributed by atoms with Crippen LogP contribution in [0.3, 0.4) is 0 Å². The molecule has 0 spiro atoms. The van der Waals surface area contributed by atoms with E-state index in [0.717, 1.165) is 16.9 Å². The van der Waals surface area contributed by atoms with E-state index in [1.807, 2.05) is 18.2 Å². The molecule has 0 aliphatic carbocycles. The van der Waals surface area contributed by atoms with Gasteiger partial charge >= 0.3 is 0 Å². The zero-order valence-electron chi connectivity index (χ0n) is 9.14. The lowest BCUT2D eigenvalue weighted by molar-refractivity contribution is 0.180. The SMILES string of the molecule is COc1ccc2c(c1)CNCCC2(C)F. The first kappa shape index (κ1) is 10.4. The van der Waals surface area contributed by atoms with Gasteiger partial charge in [-0.15, -0.1) is 0 Å². The Bertz CT molecular complexity index is 363. The second-order valence-electron chi connectivity index (χ2n) is 4.15. The van der Waals surface area contributed by atoms with Crippen molar-refractivity contribution in [3.05, 3.63) is 29.3 Å². The van der Waals surface area contributed by atoms with Gasteiger partial charge in [-0.2, -0.15) is 0 Å². The van der Waals surface area contributed by atoms with Crippen molar-refractivity contribution in [3.63, 3.8) is 0 Å². The summed E-state index contributed by atoms with van der Waals surface area (Å²) < 4.78 is 19.4. The minimum absolute atomic E-state index is 0.520. The third-order valence-electron chi connectivity index (χ3n) is 2.96. The molecule has 0 radical (unpaired) electrons. The Morgan fingerprint density at radius 1 is 1.47 bits per heavy atom. The maximum Gasteiger partial charge on any atom is 0.134 e. The summed E-state index contributed by atoms with van der Waals surface area (Å²) in [6.45, 7) is 3.07. The van der Waals surface area contributed by atoms with Gasteiger partial charge in [0.2, 0.25) is 0 Å². The first-order valence-electron chi connectivity index (χ1n) is 5.20. The fraction of sp³-hybridized carbons (Fsp3) is 0.500. The van der Waals surface area contributed by atoms with Crippen molar-refractivity contribution in [3.8, 4) is 5.75 Å². The second kappa shape index (κ2) is 3.81. The summed E-state index contributed by atoms with van der Waals surface area (Å²) in [7, 11) is 1.63. The number of halogens is 1. The number of nitrogens with one attached hydrogen (secondary N) is 1. The van der Waals surface area contributed by atoms with E-state index in [0.29, 0.717) is 19.5 Å². The average molecular weight is 209 g/mol. The summed E-state index contributed by atoms with van der Waals surface area (Å²) >= 11 is 0. The predicted molar refractivity (Wildman–Crippen MR) is 57.8 cm³/mol. The third-order valence-corrected chi connectivity index (χ3v) is 2.96. The van der Waals surface area contributed by atoms with E-state index in [1.54, 1.807) is 14.0 Å². The Balaban J connectivity index is 2.46. The Hall–Kier alpha value is -1.09. The lowest BCUT2D eigenvalue weighted by Crippen LogP contribution is -2.18. The van der Waals surface area contributed by atoms with Crippen molar-refractivity contribution in [2.24, 2.45) is 0 Å². The molecule has 0 saturated carbocycles. The molecule has 82 valence electrons. The zero-order valence-corrected chi connectivity index (χ0v) is 9.14. The highest BCUT2D eigenvalue weighted by Crippen LogP contribution is 2.34. The first-order chi connectivity index (χ1) is 7.13. The standard InChI is InChI=1S/C12H16FNO/c1-12(13)5-6-14-8-9-7-10(15-2)3-4-11(9)12/h3-4,7,14H,5-6,8H2,1-2H3. The van der Waals surface area contributed by atoms with Crippen LogP contribution in [0.1, 0.15) is 24.5 Å². The van der Waals surface area contributed by atoms with E-state index in [9.17, 15) is 4.39 Å². The maximum atomic E-state index is 14.3. The summed E-state index contributed by atoms with van der Waals surface area (Å²) in [5.74, 6) is 0.785. The number of fused-ring (bicyclic) bond motifs is 1. The van der Waals surface area contributed by atoms with E-state index in [-0.39, 0.29) is 0 Å². The van der Waals surface area contributed by atoms with Gasteiger partial charge in [-0.3, -0.25) is 0 Å². The molecule has 0 aromatic heterocycles. The number of methoxy groups -OCH3 is 1. The number of hydrogen-bond donors (Lipinski definition) is 1. The lowest BCUT2D eigenvalue weighted by atomic mass is 9.91. The quantitative estimate of drug-likeness (QED) is 0.766. The van der Waals surface area contributed by atoms with E-state index in [1.165, 1.54) is 0 Å². The van der Waals surface area contributed by atoms with Gasteiger partial charge in [0.05, 0.1) is 7.11 Å². The summed E-state index contributed by atoms with van der Waals surface area (Å²) in [5, 5.41) is 3.21. The predicted octanol–water partition coefficient (Wildman–Crippen LogP) is 2.37. The second-order valence-corrected chi connectivity index (χ2v) is 4.15. The minimum Gasteiger partial charge on any atom is -0.497 e.